The Kier molecular flexibility index (Phi) is 4.74. The molecule has 2 rings (SSSR count). The molecule has 1 aromatic heterocycles. The summed E-state index contributed by atoms with van der Waals surface area (Å²) >= 11 is 3.74. The van der Waals surface area contributed by atoms with E-state index < -0.39 is 0 Å². The summed E-state index contributed by atoms with van der Waals surface area (Å²) in [4.78, 5) is 8.67. The van der Waals surface area contributed by atoms with E-state index in [0.29, 0.717) is 16.6 Å². The van der Waals surface area contributed by atoms with Crippen molar-refractivity contribution in [3.8, 4) is 5.88 Å². The van der Waals surface area contributed by atoms with Crippen molar-refractivity contribution in [1.29, 1.82) is 0 Å². The Labute approximate surface area is 110 Å². The molecule has 0 bridgehead atoms. The Morgan fingerprint density at radius 3 is 3.18 bits per heavy atom. The van der Waals surface area contributed by atoms with Gasteiger partial charge in [0.15, 0.2) is 0 Å². The van der Waals surface area contributed by atoms with Gasteiger partial charge in [-0.05, 0) is 18.8 Å². The van der Waals surface area contributed by atoms with E-state index in [4.69, 9.17) is 9.47 Å². The van der Waals surface area contributed by atoms with Crippen molar-refractivity contribution in [2.75, 3.05) is 20.3 Å². The van der Waals surface area contributed by atoms with Gasteiger partial charge in [-0.2, -0.15) is 0 Å². The Bertz CT molecular complexity index is 356. The molecule has 1 aliphatic heterocycles. The molecule has 0 radical (unpaired) electrons. The van der Waals surface area contributed by atoms with Crippen LogP contribution in [0, 0.1) is 5.92 Å². The third kappa shape index (κ3) is 3.64. The molecule has 0 aliphatic carbocycles. The second-order valence-electron chi connectivity index (χ2n) is 4.25. The summed E-state index contributed by atoms with van der Waals surface area (Å²) in [6.07, 6.45) is 4.80. The molecule has 2 atom stereocenters. The predicted molar refractivity (Wildman–Crippen MR) is 68.5 cm³/mol. The highest BCUT2D eigenvalue weighted by Crippen LogP contribution is 2.25. The van der Waals surface area contributed by atoms with E-state index >= 15 is 0 Å². The van der Waals surface area contributed by atoms with Crippen LogP contribution in [0.5, 0.6) is 5.88 Å². The van der Waals surface area contributed by atoms with Crippen LogP contribution in [0.4, 0.5) is 0 Å². The summed E-state index contributed by atoms with van der Waals surface area (Å²) in [5.41, 5.74) is 1.00. The van der Waals surface area contributed by atoms with Crippen LogP contribution < -0.4 is 4.74 Å². The molecule has 1 aromatic rings. The SMILES string of the molecule is COc1cc(CC(Br)C2CCCOC2)ncn1. The van der Waals surface area contributed by atoms with Gasteiger partial charge in [0.1, 0.15) is 6.33 Å². The van der Waals surface area contributed by atoms with E-state index in [1.165, 1.54) is 6.42 Å². The van der Waals surface area contributed by atoms with Gasteiger partial charge >= 0.3 is 0 Å². The fraction of sp³-hybridized carbons (Fsp3) is 0.667. The van der Waals surface area contributed by atoms with Gasteiger partial charge in [-0.3, -0.25) is 0 Å². The number of rotatable bonds is 4. The Hall–Kier alpha value is -0.680. The molecular weight excluding hydrogens is 284 g/mol. The second-order valence-corrected chi connectivity index (χ2v) is 5.43. The van der Waals surface area contributed by atoms with Gasteiger partial charge in [0.05, 0.1) is 13.7 Å². The minimum absolute atomic E-state index is 0.405. The number of aromatic nitrogens is 2. The van der Waals surface area contributed by atoms with Crippen LogP contribution in [-0.4, -0.2) is 35.1 Å². The zero-order valence-electron chi connectivity index (χ0n) is 9.93. The van der Waals surface area contributed by atoms with Crippen molar-refractivity contribution in [2.45, 2.75) is 24.1 Å². The first-order chi connectivity index (χ1) is 8.29. The zero-order valence-corrected chi connectivity index (χ0v) is 11.5. The zero-order chi connectivity index (χ0) is 12.1. The predicted octanol–water partition coefficient (Wildman–Crippen LogP) is 2.22. The number of ether oxygens (including phenoxy) is 2. The fourth-order valence-electron chi connectivity index (χ4n) is 2.02. The van der Waals surface area contributed by atoms with Crippen molar-refractivity contribution in [1.82, 2.24) is 9.97 Å². The number of hydrogen-bond acceptors (Lipinski definition) is 4. The van der Waals surface area contributed by atoms with Crippen molar-refractivity contribution in [2.24, 2.45) is 5.92 Å². The minimum Gasteiger partial charge on any atom is -0.481 e. The third-order valence-corrected chi connectivity index (χ3v) is 4.09. The van der Waals surface area contributed by atoms with E-state index in [0.717, 1.165) is 31.7 Å². The molecule has 0 N–H and O–H groups in total. The van der Waals surface area contributed by atoms with Crippen LogP contribution in [0.2, 0.25) is 0 Å². The van der Waals surface area contributed by atoms with E-state index in [2.05, 4.69) is 25.9 Å². The van der Waals surface area contributed by atoms with Crippen molar-refractivity contribution < 1.29 is 9.47 Å². The van der Waals surface area contributed by atoms with Gasteiger partial charge < -0.3 is 9.47 Å². The normalized spacial score (nSPS) is 22.1. The highest BCUT2D eigenvalue weighted by Gasteiger charge is 2.22. The Balaban J connectivity index is 1.94. The van der Waals surface area contributed by atoms with Gasteiger partial charge in [0.2, 0.25) is 5.88 Å². The summed E-state index contributed by atoms with van der Waals surface area (Å²) in [6.45, 7) is 1.75. The van der Waals surface area contributed by atoms with E-state index in [1.54, 1.807) is 13.4 Å². The van der Waals surface area contributed by atoms with Crippen molar-refractivity contribution >= 4 is 15.9 Å². The van der Waals surface area contributed by atoms with Crippen LogP contribution in [0.1, 0.15) is 18.5 Å². The van der Waals surface area contributed by atoms with Gasteiger partial charge in [0.25, 0.3) is 0 Å². The number of alkyl halides is 1. The number of methoxy groups -OCH3 is 1. The van der Waals surface area contributed by atoms with Gasteiger partial charge in [-0.25, -0.2) is 9.97 Å². The van der Waals surface area contributed by atoms with Gasteiger partial charge in [-0.15, -0.1) is 0 Å². The van der Waals surface area contributed by atoms with E-state index in [9.17, 15) is 0 Å². The highest BCUT2D eigenvalue weighted by atomic mass is 79.9. The average Bonchev–Trinajstić information content (AvgIpc) is 2.40. The smallest absolute Gasteiger partial charge is 0.216 e. The van der Waals surface area contributed by atoms with Crippen molar-refractivity contribution in [3.63, 3.8) is 0 Å². The molecule has 1 saturated heterocycles. The standard InChI is InChI=1S/C12H17BrN2O2/c1-16-12-6-10(14-8-15-12)5-11(13)9-3-2-4-17-7-9/h6,8-9,11H,2-5,7H2,1H3. The molecule has 0 spiro atoms. The summed E-state index contributed by atoms with van der Waals surface area (Å²) in [5.74, 6) is 1.19. The first-order valence-corrected chi connectivity index (χ1v) is 6.78. The maximum atomic E-state index is 5.50. The molecule has 2 heterocycles. The molecule has 1 aliphatic rings. The Morgan fingerprint density at radius 1 is 1.59 bits per heavy atom. The number of halogens is 1. The molecule has 0 amide bonds. The van der Waals surface area contributed by atoms with Gasteiger partial charge in [-0.1, -0.05) is 15.9 Å². The molecule has 2 unspecified atom stereocenters. The average molecular weight is 301 g/mol. The van der Waals surface area contributed by atoms with E-state index in [1.807, 2.05) is 6.07 Å². The number of nitrogens with zero attached hydrogens (tertiary/aromatic N) is 2. The van der Waals surface area contributed by atoms with Crippen LogP contribution in [0.25, 0.3) is 0 Å². The summed E-state index contributed by atoms with van der Waals surface area (Å²) < 4.78 is 10.6. The Morgan fingerprint density at radius 2 is 2.47 bits per heavy atom. The maximum Gasteiger partial charge on any atom is 0.216 e. The lowest BCUT2D eigenvalue weighted by atomic mass is 9.96. The lowest BCUT2D eigenvalue weighted by Gasteiger charge is -2.26. The molecule has 94 valence electrons. The van der Waals surface area contributed by atoms with Gasteiger partial charge in [0, 0.05) is 29.6 Å². The summed E-state index contributed by atoms with van der Waals surface area (Å²) in [6, 6.07) is 1.89. The molecule has 1 fully saturated rings. The first-order valence-electron chi connectivity index (χ1n) is 5.86. The lowest BCUT2D eigenvalue weighted by molar-refractivity contribution is 0.0546. The summed E-state index contributed by atoms with van der Waals surface area (Å²) in [7, 11) is 1.62. The molecule has 17 heavy (non-hydrogen) atoms. The third-order valence-electron chi connectivity index (χ3n) is 3.02. The minimum atomic E-state index is 0.405. The first kappa shape index (κ1) is 12.8. The van der Waals surface area contributed by atoms with Crippen LogP contribution >= 0.6 is 15.9 Å². The molecule has 0 saturated carbocycles. The second kappa shape index (κ2) is 6.31. The maximum absolute atomic E-state index is 5.50. The summed E-state index contributed by atoms with van der Waals surface area (Å²) in [5, 5.41) is 0. The fourth-order valence-corrected chi connectivity index (χ4v) is 2.77. The van der Waals surface area contributed by atoms with E-state index in [-0.39, 0.29) is 0 Å². The van der Waals surface area contributed by atoms with Crippen molar-refractivity contribution in [3.05, 3.63) is 18.1 Å². The number of hydrogen-bond donors (Lipinski definition) is 0. The van der Waals surface area contributed by atoms with Crippen LogP contribution in [0.15, 0.2) is 12.4 Å². The molecular formula is C12H17BrN2O2. The monoisotopic (exact) mass is 300 g/mol. The quantitative estimate of drug-likeness (QED) is 0.800. The molecule has 5 heteroatoms. The highest BCUT2D eigenvalue weighted by molar-refractivity contribution is 9.09. The lowest BCUT2D eigenvalue weighted by Crippen LogP contribution is -2.26. The van der Waals surface area contributed by atoms with Crippen LogP contribution in [-0.2, 0) is 11.2 Å². The topological polar surface area (TPSA) is 44.2 Å². The molecule has 0 aromatic carbocycles. The molecule has 4 nitrogen and oxygen atoms in total. The van der Waals surface area contributed by atoms with Crippen LogP contribution in [0.3, 0.4) is 0 Å². The largest absolute Gasteiger partial charge is 0.481 e.